The number of rotatable bonds is 8. The van der Waals surface area contributed by atoms with Crippen molar-refractivity contribution in [1.82, 2.24) is 0 Å². The number of hydrogen-bond donors (Lipinski definition) is 0. The predicted molar refractivity (Wildman–Crippen MR) is 74.8 cm³/mol. The second kappa shape index (κ2) is 7.80. The molecule has 0 aromatic heterocycles. The van der Waals surface area contributed by atoms with Crippen molar-refractivity contribution in [2.45, 2.75) is 26.2 Å². The highest BCUT2D eigenvalue weighted by molar-refractivity contribution is 7.91. The maximum atomic E-state index is 11.6. The summed E-state index contributed by atoms with van der Waals surface area (Å²) in [5.41, 5.74) is 0.535. The summed E-state index contributed by atoms with van der Waals surface area (Å²) in [7, 11) is -2.94. The number of nitrogens with zero attached hydrogens (tertiary/aromatic N) is 1. The second-order valence-corrected chi connectivity index (χ2v) is 6.65. The van der Waals surface area contributed by atoms with E-state index in [9.17, 15) is 8.42 Å². The van der Waals surface area contributed by atoms with Gasteiger partial charge in [-0.25, -0.2) is 8.42 Å². The van der Waals surface area contributed by atoms with Crippen LogP contribution in [0.5, 0.6) is 5.75 Å². The van der Waals surface area contributed by atoms with Gasteiger partial charge in [0.1, 0.15) is 15.6 Å². The molecule has 1 aromatic carbocycles. The number of unbranched alkanes of at least 4 members (excludes halogenated alkanes) is 1. The van der Waals surface area contributed by atoms with Gasteiger partial charge in [-0.3, -0.25) is 0 Å². The molecule has 0 saturated carbocycles. The Morgan fingerprint density at radius 3 is 2.68 bits per heavy atom. The van der Waals surface area contributed by atoms with Crippen LogP contribution in [0.3, 0.4) is 0 Å². The molecular weight excluding hydrogens is 262 g/mol. The molecule has 19 heavy (non-hydrogen) atoms. The first kappa shape index (κ1) is 15.5. The van der Waals surface area contributed by atoms with Crippen molar-refractivity contribution in [2.75, 3.05) is 18.1 Å². The van der Waals surface area contributed by atoms with Gasteiger partial charge in [-0.2, -0.15) is 5.26 Å². The van der Waals surface area contributed by atoms with E-state index in [1.165, 1.54) is 0 Å². The standard InChI is InChI=1S/C14H19NO3S/c1-2-3-9-19(16,17)10-5-8-18-14-7-4-6-13(11-14)12-15/h4,6-7,11H,2-3,5,8-10H2,1H3. The fraction of sp³-hybridized carbons (Fsp3) is 0.500. The lowest BCUT2D eigenvalue weighted by Crippen LogP contribution is -2.13. The van der Waals surface area contributed by atoms with Gasteiger partial charge in [-0.15, -0.1) is 0 Å². The topological polar surface area (TPSA) is 67.2 Å². The molecule has 0 amide bonds. The Hall–Kier alpha value is -1.54. The Balaban J connectivity index is 2.33. The Kier molecular flexibility index (Phi) is 6.37. The molecule has 1 rings (SSSR count). The molecule has 0 fully saturated rings. The van der Waals surface area contributed by atoms with Crippen molar-refractivity contribution < 1.29 is 13.2 Å². The van der Waals surface area contributed by atoms with Crippen LogP contribution in [0.2, 0.25) is 0 Å². The molecule has 0 aliphatic carbocycles. The smallest absolute Gasteiger partial charge is 0.150 e. The van der Waals surface area contributed by atoms with Gasteiger partial charge in [-0.1, -0.05) is 19.4 Å². The normalized spacial score (nSPS) is 10.9. The van der Waals surface area contributed by atoms with Gasteiger partial charge >= 0.3 is 0 Å². The minimum absolute atomic E-state index is 0.158. The highest BCUT2D eigenvalue weighted by atomic mass is 32.2. The van der Waals surface area contributed by atoms with Gasteiger partial charge in [0.2, 0.25) is 0 Å². The summed E-state index contributed by atoms with van der Waals surface area (Å²) in [5, 5.41) is 8.74. The molecule has 0 radical (unpaired) electrons. The Morgan fingerprint density at radius 1 is 1.26 bits per heavy atom. The van der Waals surface area contributed by atoms with Crippen LogP contribution in [0.1, 0.15) is 31.7 Å². The zero-order valence-corrected chi connectivity index (χ0v) is 11.9. The first-order valence-electron chi connectivity index (χ1n) is 6.41. The maximum absolute atomic E-state index is 11.6. The van der Waals surface area contributed by atoms with Gasteiger partial charge in [0.05, 0.1) is 29.7 Å². The van der Waals surface area contributed by atoms with E-state index in [1.54, 1.807) is 24.3 Å². The van der Waals surface area contributed by atoms with E-state index in [1.807, 2.05) is 13.0 Å². The van der Waals surface area contributed by atoms with Gasteiger partial charge in [0.15, 0.2) is 0 Å². The average Bonchev–Trinajstić information content (AvgIpc) is 2.42. The zero-order chi connectivity index (χ0) is 14.1. The summed E-state index contributed by atoms with van der Waals surface area (Å²) >= 11 is 0. The van der Waals surface area contributed by atoms with E-state index >= 15 is 0 Å². The lowest BCUT2D eigenvalue weighted by molar-refractivity contribution is 0.317. The van der Waals surface area contributed by atoms with E-state index in [2.05, 4.69) is 0 Å². The van der Waals surface area contributed by atoms with Crippen molar-refractivity contribution in [3.8, 4) is 11.8 Å². The number of nitriles is 1. The van der Waals surface area contributed by atoms with Crippen molar-refractivity contribution in [1.29, 1.82) is 5.26 Å². The van der Waals surface area contributed by atoms with Crippen LogP contribution in [0, 0.1) is 11.3 Å². The fourth-order valence-corrected chi connectivity index (χ4v) is 3.08. The predicted octanol–water partition coefficient (Wildman–Crippen LogP) is 2.54. The van der Waals surface area contributed by atoms with Crippen molar-refractivity contribution in [2.24, 2.45) is 0 Å². The quantitative estimate of drug-likeness (QED) is 0.687. The lowest BCUT2D eigenvalue weighted by atomic mass is 10.2. The minimum atomic E-state index is -2.94. The number of sulfone groups is 1. The van der Waals surface area contributed by atoms with Gasteiger partial charge < -0.3 is 4.74 Å². The lowest BCUT2D eigenvalue weighted by Gasteiger charge is -2.07. The van der Waals surface area contributed by atoms with Crippen LogP contribution >= 0.6 is 0 Å². The van der Waals surface area contributed by atoms with Crippen LogP contribution < -0.4 is 4.74 Å². The molecule has 0 unspecified atom stereocenters. The van der Waals surface area contributed by atoms with Crippen LogP contribution in [0.4, 0.5) is 0 Å². The monoisotopic (exact) mass is 281 g/mol. The average molecular weight is 281 g/mol. The molecule has 0 heterocycles. The van der Waals surface area contributed by atoms with Crippen molar-refractivity contribution in [3.63, 3.8) is 0 Å². The van der Waals surface area contributed by atoms with Gasteiger partial charge in [0, 0.05) is 0 Å². The summed E-state index contributed by atoms with van der Waals surface area (Å²) in [6.45, 7) is 2.32. The summed E-state index contributed by atoms with van der Waals surface area (Å²) in [4.78, 5) is 0. The minimum Gasteiger partial charge on any atom is -0.494 e. The second-order valence-electron chi connectivity index (χ2n) is 4.35. The molecule has 1 aromatic rings. The van der Waals surface area contributed by atoms with E-state index < -0.39 is 9.84 Å². The van der Waals surface area contributed by atoms with Gasteiger partial charge in [-0.05, 0) is 31.0 Å². The van der Waals surface area contributed by atoms with Crippen molar-refractivity contribution >= 4 is 9.84 Å². The third-order valence-corrected chi connectivity index (χ3v) is 4.46. The Bertz CT molecular complexity index is 532. The van der Waals surface area contributed by atoms with E-state index in [0.29, 0.717) is 30.8 Å². The molecule has 0 bridgehead atoms. The molecule has 5 heteroatoms. The number of ether oxygens (including phenoxy) is 1. The molecule has 0 atom stereocenters. The molecule has 0 spiro atoms. The van der Waals surface area contributed by atoms with E-state index in [-0.39, 0.29) is 11.5 Å². The summed E-state index contributed by atoms with van der Waals surface area (Å²) in [6, 6.07) is 8.87. The highest BCUT2D eigenvalue weighted by Gasteiger charge is 2.09. The third kappa shape index (κ3) is 6.25. The van der Waals surface area contributed by atoms with Crippen molar-refractivity contribution in [3.05, 3.63) is 29.8 Å². The highest BCUT2D eigenvalue weighted by Crippen LogP contribution is 2.12. The Morgan fingerprint density at radius 2 is 2.00 bits per heavy atom. The zero-order valence-electron chi connectivity index (χ0n) is 11.1. The molecule has 0 saturated heterocycles. The van der Waals surface area contributed by atoms with Crippen LogP contribution in [0.25, 0.3) is 0 Å². The number of benzene rings is 1. The van der Waals surface area contributed by atoms with Crippen LogP contribution in [0.15, 0.2) is 24.3 Å². The van der Waals surface area contributed by atoms with E-state index in [0.717, 1.165) is 6.42 Å². The maximum Gasteiger partial charge on any atom is 0.150 e. The molecular formula is C14H19NO3S. The summed E-state index contributed by atoms with van der Waals surface area (Å²) in [5.74, 6) is 1.02. The van der Waals surface area contributed by atoms with Gasteiger partial charge in [0.25, 0.3) is 0 Å². The number of hydrogen-bond acceptors (Lipinski definition) is 4. The first-order valence-corrected chi connectivity index (χ1v) is 8.23. The van der Waals surface area contributed by atoms with Crippen LogP contribution in [-0.4, -0.2) is 26.5 Å². The summed E-state index contributed by atoms with van der Waals surface area (Å²) in [6.07, 6.45) is 2.08. The SMILES string of the molecule is CCCCS(=O)(=O)CCCOc1cccc(C#N)c1. The van der Waals surface area contributed by atoms with Crippen LogP contribution in [-0.2, 0) is 9.84 Å². The molecule has 4 nitrogen and oxygen atoms in total. The third-order valence-electron chi connectivity index (χ3n) is 2.64. The largest absolute Gasteiger partial charge is 0.494 e. The first-order chi connectivity index (χ1) is 9.07. The molecule has 0 N–H and O–H groups in total. The molecule has 0 aliphatic heterocycles. The van der Waals surface area contributed by atoms with E-state index in [4.69, 9.17) is 10.00 Å². The summed E-state index contributed by atoms with van der Waals surface area (Å²) < 4.78 is 28.6. The molecule has 104 valence electrons. The molecule has 0 aliphatic rings. The Labute approximate surface area is 114 Å². The fourth-order valence-electron chi connectivity index (χ4n) is 1.59.